The molecule has 0 bridgehead atoms. The van der Waals surface area contributed by atoms with Crippen LogP contribution >= 0.6 is 0 Å². The van der Waals surface area contributed by atoms with Gasteiger partial charge in [0.2, 0.25) is 0 Å². The van der Waals surface area contributed by atoms with E-state index in [4.69, 9.17) is 0 Å². The maximum Gasteiger partial charge on any atom is 0 e. The molecule has 0 heterocycles. The average molecular weight is 234 g/mol. The smallest absolute Gasteiger partial charge is 0 e. The molecule has 2 rings (SSSR count). The van der Waals surface area contributed by atoms with Crippen LogP contribution in [0.4, 0.5) is 0 Å². The first-order chi connectivity index (χ1) is 5.29. The Morgan fingerprint density at radius 3 is 2.58 bits per heavy atom. The van der Waals surface area contributed by atoms with Crippen LogP contribution in [0.25, 0.3) is 6.08 Å². The molecule has 1 aliphatic carbocycles. The van der Waals surface area contributed by atoms with Crippen molar-refractivity contribution in [2.24, 2.45) is 0 Å². The van der Waals surface area contributed by atoms with Gasteiger partial charge in [-0.2, -0.15) is 0 Å². The van der Waals surface area contributed by atoms with Crippen molar-refractivity contribution in [3.05, 3.63) is 47.9 Å². The molecule has 12 heavy (non-hydrogen) atoms. The Hall–Kier alpha value is -0.157. The van der Waals surface area contributed by atoms with Crippen molar-refractivity contribution in [1.82, 2.24) is 0 Å². The normalized spacial score (nSPS) is 19.5. The minimum atomic E-state index is 0. The number of fused-ring (bicyclic) bond motifs is 1. The molecule has 0 aliphatic heterocycles. The molecule has 0 nitrogen and oxygen atoms in total. The van der Waals surface area contributed by atoms with Gasteiger partial charge in [0.1, 0.15) is 0 Å². The van der Waals surface area contributed by atoms with Crippen LogP contribution in [0, 0.1) is 6.92 Å². The van der Waals surface area contributed by atoms with Gasteiger partial charge in [-0.15, -0.1) is 5.92 Å². The zero-order valence-corrected chi connectivity index (χ0v) is 9.63. The molecule has 0 amide bonds. The summed E-state index contributed by atoms with van der Waals surface area (Å²) in [5.74, 6) is 0.381. The maximum absolute atomic E-state index is 4.09. The molecule has 60 valence electrons. The molecule has 1 aliphatic rings. The molecular formula is C11H11Zr-. The molecule has 0 N–H and O–H groups in total. The van der Waals surface area contributed by atoms with E-state index in [-0.39, 0.29) is 26.2 Å². The Labute approximate surface area is 92.8 Å². The summed E-state index contributed by atoms with van der Waals surface area (Å²) in [4.78, 5) is 0. The van der Waals surface area contributed by atoms with Crippen molar-refractivity contribution in [1.29, 1.82) is 0 Å². The van der Waals surface area contributed by atoms with Crippen LogP contribution in [-0.4, -0.2) is 0 Å². The van der Waals surface area contributed by atoms with Crippen LogP contribution in [0.1, 0.15) is 24.0 Å². The van der Waals surface area contributed by atoms with Gasteiger partial charge in [-0.3, -0.25) is 0 Å². The Morgan fingerprint density at radius 2 is 1.92 bits per heavy atom. The zero-order chi connectivity index (χ0) is 7.84. The summed E-state index contributed by atoms with van der Waals surface area (Å²) in [5.41, 5.74) is 4.07. The van der Waals surface area contributed by atoms with Crippen molar-refractivity contribution in [2.75, 3.05) is 0 Å². The third kappa shape index (κ3) is 1.48. The fourth-order valence-electron chi connectivity index (χ4n) is 1.55. The number of benzene rings is 1. The summed E-state index contributed by atoms with van der Waals surface area (Å²) < 4.78 is 0. The molecule has 1 atom stereocenters. The first-order valence-corrected chi connectivity index (χ1v) is 3.89. The van der Waals surface area contributed by atoms with Gasteiger partial charge in [0.15, 0.2) is 0 Å². The molecule has 1 aromatic rings. The second-order valence-corrected chi connectivity index (χ2v) is 3.07. The van der Waals surface area contributed by atoms with E-state index in [0.29, 0.717) is 5.92 Å². The Balaban J connectivity index is 0.000000720. The Kier molecular flexibility index (Phi) is 3.06. The Morgan fingerprint density at radius 1 is 1.25 bits per heavy atom. The second kappa shape index (κ2) is 3.70. The maximum atomic E-state index is 4.09. The first kappa shape index (κ1) is 9.93. The van der Waals surface area contributed by atoms with Crippen molar-refractivity contribution in [3.8, 4) is 0 Å². The topological polar surface area (TPSA) is 0 Å². The van der Waals surface area contributed by atoms with Crippen LogP contribution < -0.4 is 0 Å². The van der Waals surface area contributed by atoms with E-state index in [2.05, 4.69) is 44.2 Å². The molecule has 0 saturated heterocycles. The molecule has 1 heteroatoms. The fourth-order valence-corrected chi connectivity index (χ4v) is 1.55. The van der Waals surface area contributed by atoms with Crippen LogP contribution in [0.5, 0.6) is 0 Å². The van der Waals surface area contributed by atoms with E-state index >= 15 is 0 Å². The van der Waals surface area contributed by atoms with E-state index in [1.807, 2.05) is 0 Å². The number of hydrogen-bond donors (Lipinski definition) is 0. The van der Waals surface area contributed by atoms with Gasteiger partial charge < -0.3 is 6.92 Å². The molecule has 1 unspecified atom stereocenters. The number of allylic oxidation sites excluding steroid dienone is 1. The second-order valence-electron chi connectivity index (χ2n) is 3.07. The van der Waals surface area contributed by atoms with Crippen molar-refractivity contribution >= 4 is 6.08 Å². The SMILES string of the molecule is [CH2-]C1C(C)=Cc2ccccc21.[Zr]. The predicted molar refractivity (Wildman–Crippen MR) is 48.2 cm³/mol. The first-order valence-electron chi connectivity index (χ1n) is 3.89. The molecule has 1 aromatic carbocycles. The summed E-state index contributed by atoms with van der Waals surface area (Å²) in [6, 6.07) is 8.44. The summed E-state index contributed by atoms with van der Waals surface area (Å²) in [7, 11) is 0. The van der Waals surface area contributed by atoms with E-state index in [1.54, 1.807) is 0 Å². The predicted octanol–water partition coefficient (Wildman–Crippen LogP) is 3.02. The molecule has 0 radical (unpaired) electrons. The average Bonchev–Trinajstić information content (AvgIpc) is 2.30. The minimum absolute atomic E-state index is 0. The summed E-state index contributed by atoms with van der Waals surface area (Å²) >= 11 is 0. The van der Waals surface area contributed by atoms with Crippen LogP contribution in [0.3, 0.4) is 0 Å². The van der Waals surface area contributed by atoms with E-state index < -0.39 is 0 Å². The summed E-state index contributed by atoms with van der Waals surface area (Å²) in [6.07, 6.45) is 2.22. The van der Waals surface area contributed by atoms with Gasteiger partial charge in [0.25, 0.3) is 0 Å². The van der Waals surface area contributed by atoms with Gasteiger partial charge >= 0.3 is 0 Å². The monoisotopic (exact) mass is 233 g/mol. The molecule has 0 saturated carbocycles. The molecule has 0 fully saturated rings. The van der Waals surface area contributed by atoms with Gasteiger partial charge in [-0.1, -0.05) is 41.5 Å². The quantitative estimate of drug-likeness (QED) is 0.605. The molecule has 0 aromatic heterocycles. The number of hydrogen-bond acceptors (Lipinski definition) is 0. The molecule has 0 spiro atoms. The van der Waals surface area contributed by atoms with Crippen LogP contribution in [-0.2, 0) is 26.2 Å². The van der Waals surface area contributed by atoms with E-state index in [9.17, 15) is 0 Å². The fraction of sp³-hybridized carbons (Fsp3) is 0.182. The number of rotatable bonds is 0. The summed E-state index contributed by atoms with van der Waals surface area (Å²) in [5, 5.41) is 0. The largest absolute Gasteiger partial charge is 0.332 e. The van der Waals surface area contributed by atoms with Crippen molar-refractivity contribution in [3.63, 3.8) is 0 Å². The van der Waals surface area contributed by atoms with Gasteiger partial charge in [0, 0.05) is 26.2 Å². The van der Waals surface area contributed by atoms with Crippen molar-refractivity contribution < 1.29 is 26.2 Å². The van der Waals surface area contributed by atoms with Crippen LogP contribution in [0.2, 0.25) is 0 Å². The Bertz CT molecular complexity index is 313. The standard InChI is InChI=1S/C11H11.Zr/c1-8-7-10-5-3-4-6-11(10)9(8)2;/h3-7,9H,2H2,1H3;/q-1;. The zero-order valence-electron chi connectivity index (χ0n) is 7.17. The van der Waals surface area contributed by atoms with Gasteiger partial charge in [-0.25, -0.2) is 0 Å². The van der Waals surface area contributed by atoms with Crippen molar-refractivity contribution in [2.45, 2.75) is 12.8 Å². The molecular weight excluding hydrogens is 223 g/mol. The van der Waals surface area contributed by atoms with E-state index in [0.717, 1.165) is 0 Å². The van der Waals surface area contributed by atoms with E-state index in [1.165, 1.54) is 16.7 Å². The van der Waals surface area contributed by atoms with Gasteiger partial charge in [-0.05, 0) is 12.5 Å². The third-order valence-electron chi connectivity index (χ3n) is 2.30. The summed E-state index contributed by atoms with van der Waals surface area (Å²) in [6.45, 7) is 6.23. The minimum Gasteiger partial charge on any atom is -0.332 e. The third-order valence-corrected chi connectivity index (χ3v) is 2.30. The van der Waals surface area contributed by atoms with Gasteiger partial charge in [0.05, 0.1) is 0 Å². The van der Waals surface area contributed by atoms with Crippen LogP contribution in [0.15, 0.2) is 29.8 Å².